The molecule has 2 N–H and O–H groups in total. The summed E-state index contributed by atoms with van der Waals surface area (Å²) in [5.41, 5.74) is 0.619. The van der Waals surface area contributed by atoms with Crippen LogP contribution in [0, 0.1) is 5.41 Å². The van der Waals surface area contributed by atoms with Crippen LogP contribution in [0.1, 0.15) is 16.5 Å². The average Bonchev–Trinajstić information content (AvgIpc) is 3.12. The minimum atomic E-state index is -0.624. The summed E-state index contributed by atoms with van der Waals surface area (Å²) in [4.78, 5) is 17.1. The molecule has 1 saturated heterocycles. The van der Waals surface area contributed by atoms with E-state index < -0.39 is 5.92 Å². The van der Waals surface area contributed by atoms with E-state index in [1.54, 1.807) is 29.8 Å². The van der Waals surface area contributed by atoms with Gasteiger partial charge in [-0.25, -0.2) is 4.98 Å². The van der Waals surface area contributed by atoms with E-state index in [2.05, 4.69) is 4.98 Å². The zero-order valence-corrected chi connectivity index (χ0v) is 14.3. The second kappa shape index (κ2) is 6.35. The van der Waals surface area contributed by atoms with Crippen molar-refractivity contribution in [1.29, 1.82) is 5.41 Å². The molecule has 2 aromatic rings. The van der Waals surface area contributed by atoms with Crippen LogP contribution in [-0.4, -0.2) is 28.0 Å². The maximum atomic E-state index is 12.5. The molecule has 1 atom stereocenters. The molecule has 8 heteroatoms. The number of thiazole rings is 1. The highest BCUT2D eigenvalue weighted by Gasteiger charge is 2.38. The van der Waals surface area contributed by atoms with Crippen molar-refractivity contribution in [2.75, 3.05) is 7.11 Å². The van der Waals surface area contributed by atoms with E-state index in [0.717, 1.165) is 11.8 Å². The summed E-state index contributed by atoms with van der Waals surface area (Å²) in [6.07, 6.45) is 3.26. The van der Waals surface area contributed by atoms with E-state index in [1.807, 2.05) is 0 Å². The standard InChI is InChI=1S/C15H11ClN2O3S2/c1-21-9-5-7(4-8(16)12(9)19)6-10-13(20)11(14(17)23-10)15-18-2-3-22-15/h2-6,11,17,19H,1H3. The fraction of sp³-hybridized carbons (Fsp3) is 0.133. The molecule has 0 aliphatic carbocycles. The third kappa shape index (κ3) is 2.99. The largest absolute Gasteiger partial charge is 0.503 e. The van der Waals surface area contributed by atoms with E-state index >= 15 is 0 Å². The molecule has 0 radical (unpaired) electrons. The zero-order valence-electron chi connectivity index (χ0n) is 11.9. The topological polar surface area (TPSA) is 83.3 Å². The van der Waals surface area contributed by atoms with Gasteiger partial charge in [0, 0.05) is 11.6 Å². The number of benzene rings is 1. The molecule has 0 saturated carbocycles. The Labute approximate surface area is 145 Å². The number of allylic oxidation sites excluding steroid dienone is 1. The third-order valence-electron chi connectivity index (χ3n) is 3.25. The summed E-state index contributed by atoms with van der Waals surface area (Å²) < 4.78 is 5.05. The highest BCUT2D eigenvalue weighted by atomic mass is 35.5. The Morgan fingerprint density at radius 1 is 1.48 bits per heavy atom. The molecule has 118 valence electrons. The van der Waals surface area contributed by atoms with Crippen molar-refractivity contribution < 1.29 is 14.6 Å². The predicted octanol–water partition coefficient (Wildman–Crippen LogP) is 3.93. The second-order valence-electron chi connectivity index (χ2n) is 4.70. The summed E-state index contributed by atoms with van der Waals surface area (Å²) >= 11 is 8.43. The molecule has 1 aromatic heterocycles. The number of hydrogen-bond acceptors (Lipinski definition) is 7. The number of rotatable bonds is 3. The predicted molar refractivity (Wildman–Crippen MR) is 92.8 cm³/mol. The molecule has 0 amide bonds. The molecule has 23 heavy (non-hydrogen) atoms. The van der Waals surface area contributed by atoms with Crippen LogP contribution in [0.25, 0.3) is 6.08 Å². The van der Waals surface area contributed by atoms with Crippen molar-refractivity contribution in [1.82, 2.24) is 4.98 Å². The Morgan fingerprint density at radius 2 is 2.26 bits per heavy atom. The molecule has 1 aliphatic rings. The first-order chi connectivity index (χ1) is 11.0. The van der Waals surface area contributed by atoms with Crippen LogP contribution >= 0.6 is 34.7 Å². The van der Waals surface area contributed by atoms with Crippen molar-refractivity contribution >= 4 is 51.6 Å². The van der Waals surface area contributed by atoms with E-state index in [0.29, 0.717) is 15.5 Å². The van der Waals surface area contributed by atoms with Gasteiger partial charge in [-0.05, 0) is 23.8 Å². The summed E-state index contributed by atoms with van der Waals surface area (Å²) in [6, 6.07) is 3.13. The smallest absolute Gasteiger partial charge is 0.186 e. The van der Waals surface area contributed by atoms with Crippen LogP contribution in [0.2, 0.25) is 5.02 Å². The van der Waals surface area contributed by atoms with Crippen molar-refractivity contribution in [2.45, 2.75) is 5.92 Å². The normalized spacial score (nSPS) is 19.6. The van der Waals surface area contributed by atoms with Crippen molar-refractivity contribution in [2.24, 2.45) is 0 Å². The number of carbonyl (C=O) groups excluding carboxylic acids is 1. The van der Waals surface area contributed by atoms with Crippen LogP contribution in [0.5, 0.6) is 11.5 Å². The SMILES string of the molecule is COc1cc(C=C2SC(=N)C(c3nccs3)C2=O)cc(Cl)c1O. The molecule has 1 aliphatic heterocycles. The number of thioether (sulfide) groups is 1. The lowest BCUT2D eigenvalue weighted by molar-refractivity contribution is -0.114. The molecular formula is C15H11ClN2O3S2. The summed E-state index contributed by atoms with van der Waals surface area (Å²) in [7, 11) is 1.42. The van der Waals surface area contributed by atoms with Gasteiger partial charge in [0.1, 0.15) is 10.9 Å². The van der Waals surface area contributed by atoms with Gasteiger partial charge in [-0.3, -0.25) is 10.2 Å². The lowest BCUT2D eigenvalue weighted by atomic mass is 10.0. The number of halogens is 1. The quantitative estimate of drug-likeness (QED) is 0.804. The molecule has 5 nitrogen and oxygen atoms in total. The maximum Gasteiger partial charge on any atom is 0.186 e. The molecule has 1 fully saturated rings. The van der Waals surface area contributed by atoms with Gasteiger partial charge in [-0.1, -0.05) is 23.4 Å². The van der Waals surface area contributed by atoms with Crippen LogP contribution in [-0.2, 0) is 4.79 Å². The molecule has 0 spiro atoms. The van der Waals surface area contributed by atoms with E-state index in [9.17, 15) is 9.90 Å². The number of phenols is 1. The zero-order chi connectivity index (χ0) is 16.6. The number of hydrogen-bond donors (Lipinski definition) is 2. The average molecular weight is 367 g/mol. The van der Waals surface area contributed by atoms with Gasteiger partial charge >= 0.3 is 0 Å². The van der Waals surface area contributed by atoms with Gasteiger partial charge in [0.15, 0.2) is 17.3 Å². The molecular weight excluding hydrogens is 356 g/mol. The van der Waals surface area contributed by atoms with E-state index in [-0.39, 0.29) is 27.3 Å². The highest BCUT2D eigenvalue weighted by Crippen LogP contribution is 2.42. The van der Waals surface area contributed by atoms with Crippen LogP contribution in [0.4, 0.5) is 0 Å². The molecule has 0 bridgehead atoms. The number of methoxy groups -OCH3 is 1. The molecule has 1 unspecified atom stereocenters. The first kappa shape index (κ1) is 16.0. The van der Waals surface area contributed by atoms with E-state index in [1.165, 1.54) is 18.4 Å². The van der Waals surface area contributed by atoms with Crippen molar-refractivity contribution in [3.8, 4) is 11.5 Å². The van der Waals surface area contributed by atoms with Gasteiger partial charge < -0.3 is 9.84 Å². The number of nitrogens with zero attached hydrogens (tertiary/aromatic N) is 1. The van der Waals surface area contributed by atoms with Gasteiger partial charge in [-0.15, -0.1) is 11.3 Å². The maximum absolute atomic E-state index is 12.5. The Balaban J connectivity index is 1.97. The van der Waals surface area contributed by atoms with Gasteiger partial charge in [0.2, 0.25) is 0 Å². The van der Waals surface area contributed by atoms with Gasteiger partial charge in [-0.2, -0.15) is 0 Å². The lowest BCUT2D eigenvalue weighted by Gasteiger charge is -2.06. The number of Topliss-reactive ketones (excluding diaryl/α,β-unsaturated/α-hetero) is 1. The van der Waals surface area contributed by atoms with Gasteiger partial charge in [0.05, 0.1) is 22.1 Å². The first-order valence-corrected chi connectivity index (χ1v) is 8.56. The Bertz CT molecular complexity index is 818. The summed E-state index contributed by atoms with van der Waals surface area (Å²) in [5.74, 6) is -0.694. The number of nitrogens with one attached hydrogen (secondary N) is 1. The number of ketones is 1. The number of aromatic nitrogens is 1. The second-order valence-corrected chi connectivity index (χ2v) is 7.11. The highest BCUT2D eigenvalue weighted by molar-refractivity contribution is 8.19. The first-order valence-electron chi connectivity index (χ1n) is 6.49. The molecule has 3 rings (SSSR count). The minimum absolute atomic E-state index is 0.137. The van der Waals surface area contributed by atoms with Crippen molar-refractivity contribution in [3.05, 3.63) is 44.2 Å². The number of carbonyl (C=O) groups is 1. The van der Waals surface area contributed by atoms with Crippen molar-refractivity contribution in [3.63, 3.8) is 0 Å². The lowest BCUT2D eigenvalue weighted by Crippen LogP contribution is -2.11. The van der Waals surface area contributed by atoms with Crippen LogP contribution in [0.3, 0.4) is 0 Å². The Morgan fingerprint density at radius 3 is 2.91 bits per heavy atom. The van der Waals surface area contributed by atoms with Crippen LogP contribution < -0.4 is 4.74 Å². The fourth-order valence-corrected chi connectivity index (χ4v) is 4.20. The molecule has 2 heterocycles. The van der Waals surface area contributed by atoms with E-state index in [4.69, 9.17) is 21.7 Å². The Hall–Kier alpha value is -1.83. The third-order valence-corrected chi connectivity index (χ3v) is 5.38. The molecule has 1 aromatic carbocycles. The summed E-state index contributed by atoms with van der Waals surface area (Å²) in [6.45, 7) is 0. The number of phenolic OH excluding ortho intramolecular Hbond substituents is 1. The van der Waals surface area contributed by atoms with Gasteiger partial charge in [0.25, 0.3) is 0 Å². The summed E-state index contributed by atoms with van der Waals surface area (Å²) in [5, 5.41) is 20.6. The van der Waals surface area contributed by atoms with Crippen LogP contribution in [0.15, 0.2) is 28.6 Å². The number of aromatic hydroxyl groups is 1. The Kier molecular flexibility index (Phi) is 4.43. The minimum Gasteiger partial charge on any atom is -0.503 e. The monoisotopic (exact) mass is 366 g/mol. The number of ether oxygens (including phenoxy) is 1. The fourth-order valence-electron chi connectivity index (χ4n) is 2.18.